The highest BCUT2D eigenvalue weighted by Gasteiger charge is 2.04. The van der Waals surface area contributed by atoms with Gasteiger partial charge in [-0.1, -0.05) is 45.7 Å². The van der Waals surface area contributed by atoms with Gasteiger partial charge < -0.3 is 20.1 Å². The first-order valence-corrected chi connectivity index (χ1v) is 9.48. The number of nitrogens with one attached hydrogen (secondary N) is 2. The van der Waals surface area contributed by atoms with E-state index in [4.69, 9.17) is 21.1 Å². The maximum absolute atomic E-state index is 11.8. The van der Waals surface area contributed by atoms with Gasteiger partial charge in [-0.15, -0.1) is 0 Å². The molecule has 0 aliphatic heterocycles. The molecule has 140 valence electrons. The monoisotopic (exact) mass is 440 g/mol. The van der Waals surface area contributed by atoms with Crippen molar-refractivity contribution in [3.8, 4) is 11.5 Å². The molecular formula is C19H22BrClN2O3. The number of urea groups is 1. The molecule has 0 bridgehead atoms. The summed E-state index contributed by atoms with van der Waals surface area (Å²) >= 11 is 9.43. The Kier molecular flexibility index (Phi) is 8.58. The molecule has 0 fully saturated rings. The summed E-state index contributed by atoms with van der Waals surface area (Å²) in [7, 11) is 1.64. The third-order valence-electron chi connectivity index (χ3n) is 3.63. The molecule has 0 heterocycles. The Morgan fingerprint density at radius 2 is 1.88 bits per heavy atom. The van der Waals surface area contributed by atoms with E-state index in [1.807, 2.05) is 36.4 Å². The van der Waals surface area contributed by atoms with E-state index in [1.165, 1.54) is 0 Å². The number of carbonyl (C=O) groups excluding carboxylic acids is 1. The number of halogens is 2. The molecule has 0 aliphatic carbocycles. The van der Waals surface area contributed by atoms with E-state index >= 15 is 0 Å². The average Bonchev–Trinajstić information content (AvgIpc) is 2.63. The smallest absolute Gasteiger partial charge is 0.314 e. The molecule has 2 rings (SSSR count). The first-order valence-electron chi connectivity index (χ1n) is 8.31. The summed E-state index contributed by atoms with van der Waals surface area (Å²) in [6.45, 7) is 1.54. The van der Waals surface area contributed by atoms with E-state index in [9.17, 15) is 4.79 Å². The van der Waals surface area contributed by atoms with Gasteiger partial charge in [0.15, 0.2) is 0 Å². The van der Waals surface area contributed by atoms with Gasteiger partial charge in [-0.25, -0.2) is 4.79 Å². The average molecular weight is 442 g/mol. The van der Waals surface area contributed by atoms with Gasteiger partial charge in [0.05, 0.1) is 18.7 Å². The lowest BCUT2D eigenvalue weighted by Crippen LogP contribution is -2.37. The Morgan fingerprint density at radius 3 is 2.65 bits per heavy atom. The Balaban J connectivity index is 1.59. The van der Waals surface area contributed by atoms with Crippen molar-refractivity contribution >= 4 is 33.6 Å². The lowest BCUT2D eigenvalue weighted by Gasteiger charge is -2.11. The highest BCUT2D eigenvalue weighted by Crippen LogP contribution is 2.27. The zero-order chi connectivity index (χ0) is 18.8. The van der Waals surface area contributed by atoms with Crippen molar-refractivity contribution < 1.29 is 14.3 Å². The number of hydrogen-bond donors (Lipinski definition) is 2. The molecule has 0 saturated heterocycles. The molecule has 0 aromatic heterocycles. The summed E-state index contributed by atoms with van der Waals surface area (Å²) in [4.78, 5) is 11.8. The van der Waals surface area contributed by atoms with Crippen molar-refractivity contribution in [2.45, 2.75) is 12.8 Å². The van der Waals surface area contributed by atoms with Gasteiger partial charge in [0.1, 0.15) is 11.5 Å². The second kappa shape index (κ2) is 10.9. The minimum Gasteiger partial charge on any atom is -0.496 e. The minimum atomic E-state index is -0.193. The van der Waals surface area contributed by atoms with Crippen LogP contribution >= 0.6 is 27.5 Å². The summed E-state index contributed by atoms with van der Waals surface area (Å²) in [5, 5.41) is 6.20. The number of rotatable bonds is 9. The van der Waals surface area contributed by atoms with Crippen molar-refractivity contribution in [2.75, 3.05) is 26.8 Å². The molecule has 0 radical (unpaired) electrons. The molecule has 2 aromatic rings. The van der Waals surface area contributed by atoms with Crippen LogP contribution in [0.25, 0.3) is 0 Å². The SMILES string of the molecule is COc1ccccc1CCNC(=O)NCCCOc1ccc(Br)cc1Cl. The highest BCUT2D eigenvalue weighted by atomic mass is 79.9. The van der Waals surface area contributed by atoms with E-state index in [2.05, 4.69) is 26.6 Å². The summed E-state index contributed by atoms with van der Waals surface area (Å²) in [5.41, 5.74) is 1.06. The molecular weight excluding hydrogens is 420 g/mol. The predicted molar refractivity (Wildman–Crippen MR) is 107 cm³/mol. The number of hydrogen-bond acceptors (Lipinski definition) is 3. The predicted octanol–water partition coefficient (Wildman–Crippen LogP) is 4.42. The number of benzene rings is 2. The van der Waals surface area contributed by atoms with Crippen molar-refractivity contribution in [1.82, 2.24) is 10.6 Å². The van der Waals surface area contributed by atoms with Crippen LogP contribution in [-0.4, -0.2) is 32.8 Å². The fraction of sp³-hybridized carbons (Fsp3) is 0.316. The quantitative estimate of drug-likeness (QED) is 0.566. The first kappa shape index (κ1) is 20.4. The van der Waals surface area contributed by atoms with Crippen LogP contribution in [0, 0.1) is 0 Å². The second-order valence-electron chi connectivity index (χ2n) is 5.52. The second-order valence-corrected chi connectivity index (χ2v) is 6.84. The molecule has 26 heavy (non-hydrogen) atoms. The maximum atomic E-state index is 11.8. The lowest BCUT2D eigenvalue weighted by atomic mass is 10.1. The number of amides is 2. The van der Waals surface area contributed by atoms with Gasteiger partial charge in [-0.3, -0.25) is 0 Å². The summed E-state index contributed by atoms with van der Waals surface area (Å²) in [6, 6.07) is 13.0. The Morgan fingerprint density at radius 1 is 1.12 bits per heavy atom. The Hall–Kier alpha value is -1.92. The number of ether oxygens (including phenoxy) is 2. The first-order chi connectivity index (χ1) is 12.6. The van der Waals surface area contributed by atoms with E-state index in [1.54, 1.807) is 13.2 Å². The molecule has 5 nitrogen and oxygen atoms in total. The van der Waals surface area contributed by atoms with Crippen molar-refractivity contribution in [3.05, 3.63) is 57.5 Å². The van der Waals surface area contributed by atoms with E-state index < -0.39 is 0 Å². The Bertz CT molecular complexity index is 728. The number of carbonyl (C=O) groups is 1. The molecule has 0 spiro atoms. The van der Waals surface area contributed by atoms with Crippen LogP contribution < -0.4 is 20.1 Å². The van der Waals surface area contributed by atoms with Crippen LogP contribution in [0.4, 0.5) is 4.79 Å². The summed E-state index contributed by atoms with van der Waals surface area (Å²) in [6.07, 6.45) is 1.40. The van der Waals surface area contributed by atoms with Crippen LogP contribution in [0.15, 0.2) is 46.9 Å². The lowest BCUT2D eigenvalue weighted by molar-refractivity contribution is 0.239. The largest absolute Gasteiger partial charge is 0.496 e. The number of methoxy groups -OCH3 is 1. The molecule has 2 N–H and O–H groups in total. The molecule has 0 unspecified atom stereocenters. The van der Waals surface area contributed by atoms with Crippen LogP contribution in [-0.2, 0) is 6.42 Å². The zero-order valence-electron chi connectivity index (χ0n) is 14.6. The normalized spacial score (nSPS) is 10.3. The third-order valence-corrected chi connectivity index (χ3v) is 4.42. The van der Waals surface area contributed by atoms with Gasteiger partial charge in [0.2, 0.25) is 0 Å². The highest BCUT2D eigenvalue weighted by molar-refractivity contribution is 9.10. The maximum Gasteiger partial charge on any atom is 0.314 e. The van der Waals surface area contributed by atoms with Crippen LogP contribution in [0.1, 0.15) is 12.0 Å². The van der Waals surface area contributed by atoms with Crippen molar-refractivity contribution in [1.29, 1.82) is 0 Å². The molecule has 0 saturated carbocycles. The van der Waals surface area contributed by atoms with Crippen LogP contribution in [0.2, 0.25) is 5.02 Å². The third kappa shape index (κ3) is 6.77. The van der Waals surface area contributed by atoms with Gasteiger partial charge >= 0.3 is 6.03 Å². The molecule has 2 amide bonds. The molecule has 0 aliphatic rings. The standard InChI is InChI=1S/C19H22BrClN2O3/c1-25-17-6-3-2-5-14(17)9-11-23-19(24)22-10-4-12-26-18-8-7-15(20)13-16(18)21/h2-3,5-8,13H,4,9-12H2,1H3,(H2,22,23,24). The van der Waals surface area contributed by atoms with Gasteiger partial charge in [0.25, 0.3) is 0 Å². The van der Waals surface area contributed by atoms with E-state index in [-0.39, 0.29) is 6.03 Å². The fourth-order valence-electron chi connectivity index (χ4n) is 2.33. The zero-order valence-corrected chi connectivity index (χ0v) is 16.9. The van der Waals surface area contributed by atoms with Crippen molar-refractivity contribution in [3.63, 3.8) is 0 Å². The van der Waals surface area contributed by atoms with Gasteiger partial charge in [-0.2, -0.15) is 0 Å². The van der Waals surface area contributed by atoms with Gasteiger partial charge in [-0.05, 0) is 42.7 Å². The topological polar surface area (TPSA) is 59.6 Å². The van der Waals surface area contributed by atoms with Crippen LogP contribution in [0.3, 0.4) is 0 Å². The van der Waals surface area contributed by atoms with Crippen LogP contribution in [0.5, 0.6) is 11.5 Å². The van der Waals surface area contributed by atoms with Crippen molar-refractivity contribution in [2.24, 2.45) is 0 Å². The molecule has 7 heteroatoms. The summed E-state index contributed by atoms with van der Waals surface area (Å²) in [5.74, 6) is 1.47. The van der Waals surface area contributed by atoms with E-state index in [0.29, 0.717) is 43.3 Å². The van der Waals surface area contributed by atoms with Gasteiger partial charge in [0, 0.05) is 17.6 Å². The number of para-hydroxylation sites is 1. The molecule has 0 atom stereocenters. The Labute approximate surface area is 167 Å². The minimum absolute atomic E-state index is 0.193. The summed E-state index contributed by atoms with van der Waals surface area (Å²) < 4.78 is 11.8. The molecule has 2 aromatic carbocycles. The van der Waals surface area contributed by atoms with E-state index in [0.717, 1.165) is 15.8 Å². The fourth-order valence-corrected chi connectivity index (χ4v) is 3.06.